The number of amides is 2. The van der Waals surface area contributed by atoms with Gasteiger partial charge in [-0.1, -0.05) is 24.3 Å². The third-order valence-electron chi connectivity index (χ3n) is 7.51. The van der Waals surface area contributed by atoms with Gasteiger partial charge < -0.3 is 24.1 Å². The van der Waals surface area contributed by atoms with Crippen LogP contribution < -0.4 is 15.0 Å². The largest absolute Gasteiger partial charge is 0.444 e. The van der Waals surface area contributed by atoms with E-state index >= 15 is 13.2 Å². The number of nitriles is 1. The Balaban J connectivity index is 1.55. The van der Waals surface area contributed by atoms with Crippen molar-refractivity contribution in [1.82, 2.24) is 20.5 Å². The molecule has 16 heteroatoms. The summed E-state index contributed by atoms with van der Waals surface area (Å²) < 4.78 is 87.7. The Labute approximate surface area is 283 Å². The van der Waals surface area contributed by atoms with Crippen LogP contribution in [0.1, 0.15) is 58.1 Å². The molecular formula is C34H31F5N6O5. The summed E-state index contributed by atoms with van der Waals surface area (Å²) in [6.07, 6.45) is -1.18. The van der Waals surface area contributed by atoms with E-state index in [4.69, 9.17) is 9.15 Å². The van der Waals surface area contributed by atoms with Gasteiger partial charge in [-0.15, -0.1) is 10.2 Å². The van der Waals surface area contributed by atoms with Gasteiger partial charge in [-0.3, -0.25) is 9.78 Å². The average molecular weight is 699 g/mol. The standard InChI is InChI=1S/C34H31F5N6O5/c1-32(2,3)50-31(47)42-25-14-34(38,39)22-13-23(35)21(27-43-44-29(49-27)33(4,5)17-40)12-26(22)45(28(25)46)16-18-6-8-19(9-7-18)24-11-10-20(15-41-24)48-30(36)37/h6-13,15,25,30H,14,16H2,1-5H3,(H,42,47). The van der Waals surface area contributed by atoms with E-state index in [2.05, 4.69) is 25.2 Å². The summed E-state index contributed by atoms with van der Waals surface area (Å²) in [6.45, 7) is 4.35. The highest BCUT2D eigenvalue weighted by Gasteiger charge is 2.47. The number of aromatic nitrogens is 3. The second-order valence-electron chi connectivity index (χ2n) is 13.0. The molecule has 1 aliphatic rings. The second kappa shape index (κ2) is 13.4. The molecule has 0 saturated heterocycles. The van der Waals surface area contributed by atoms with E-state index in [1.165, 1.54) is 26.0 Å². The van der Waals surface area contributed by atoms with E-state index in [1.54, 1.807) is 45.0 Å². The average Bonchev–Trinajstić information content (AvgIpc) is 3.51. The number of rotatable bonds is 8. The smallest absolute Gasteiger partial charge is 0.408 e. The van der Waals surface area contributed by atoms with Crippen molar-refractivity contribution in [1.29, 1.82) is 5.26 Å². The number of nitrogens with zero attached hydrogens (tertiary/aromatic N) is 5. The number of pyridine rings is 1. The van der Waals surface area contributed by atoms with Gasteiger partial charge in [-0.05, 0) is 64.4 Å². The molecule has 0 saturated carbocycles. The number of carbonyl (C=O) groups is 2. The van der Waals surface area contributed by atoms with Crippen LogP contribution in [0.2, 0.25) is 0 Å². The van der Waals surface area contributed by atoms with E-state index in [9.17, 15) is 23.6 Å². The normalized spacial score (nSPS) is 16.0. The summed E-state index contributed by atoms with van der Waals surface area (Å²) in [5, 5.41) is 19.3. The van der Waals surface area contributed by atoms with Gasteiger partial charge in [-0.25, -0.2) is 18.0 Å². The molecule has 0 fully saturated rings. The van der Waals surface area contributed by atoms with E-state index in [-0.39, 0.29) is 23.9 Å². The lowest BCUT2D eigenvalue weighted by molar-refractivity contribution is -0.123. The predicted octanol–water partition coefficient (Wildman–Crippen LogP) is 7.26. The summed E-state index contributed by atoms with van der Waals surface area (Å²) in [6, 6.07) is 11.0. The minimum absolute atomic E-state index is 0.133. The number of benzene rings is 2. The highest BCUT2D eigenvalue weighted by Crippen LogP contribution is 2.45. The Hall–Kier alpha value is -5.59. The first kappa shape index (κ1) is 35.7. The number of ether oxygens (including phenoxy) is 2. The van der Waals surface area contributed by atoms with Crippen molar-refractivity contribution >= 4 is 17.7 Å². The lowest BCUT2D eigenvalue weighted by Crippen LogP contribution is -2.49. The van der Waals surface area contributed by atoms with E-state index in [1.807, 2.05) is 6.07 Å². The molecule has 2 aromatic heterocycles. The number of alkyl carbamates (subject to hydrolysis) is 1. The number of fused-ring (bicyclic) bond motifs is 1. The molecule has 50 heavy (non-hydrogen) atoms. The first-order valence-electron chi connectivity index (χ1n) is 15.2. The maximum Gasteiger partial charge on any atom is 0.408 e. The van der Waals surface area contributed by atoms with Crippen LogP contribution >= 0.6 is 0 Å². The third-order valence-corrected chi connectivity index (χ3v) is 7.51. The number of nitrogens with one attached hydrogen (secondary N) is 1. The van der Waals surface area contributed by atoms with Crippen LogP contribution in [0.4, 0.5) is 32.4 Å². The number of alkyl halides is 4. The minimum atomic E-state index is -3.82. The summed E-state index contributed by atoms with van der Waals surface area (Å²) in [5.74, 6) is -6.60. The zero-order chi connectivity index (χ0) is 36.6. The second-order valence-corrected chi connectivity index (χ2v) is 13.0. The number of hydrogen-bond donors (Lipinski definition) is 1. The fourth-order valence-electron chi connectivity index (χ4n) is 5.05. The minimum Gasteiger partial charge on any atom is -0.444 e. The van der Waals surface area contributed by atoms with Gasteiger partial charge in [0.1, 0.15) is 28.6 Å². The molecular weight excluding hydrogens is 667 g/mol. The number of carbonyl (C=O) groups excluding carboxylic acids is 2. The van der Waals surface area contributed by atoms with Gasteiger partial charge in [0.15, 0.2) is 0 Å². The van der Waals surface area contributed by atoms with E-state index < -0.39 is 70.8 Å². The van der Waals surface area contributed by atoms with Crippen molar-refractivity contribution in [2.75, 3.05) is 4.90 Å². The Morgan fingerprint density at radius 2 is 1.82 bits per heavy atom. The molecule has 1 aliphatic heterocycles. The quantitative estimate of drug-likeness (QED) is 0.188. The van der Waals surface area contributed by atoms with Crippen molar-refractivity contribution < 1.29 is 45.4 Å². The van der Waals surface area contributed by atoms with Crippen LogP contribution in [-0.4, -0.2) is 45.4 Å². The molecule has 4 aromatic rings. The highest BCUT2D eigenvalue weighted by atomic mass is 19.3. The first-order valence-corrected chi connectivity index (χ1v) is 15.2. The molecule has 5 rings (SSSR count). The van der Waals surface area contributed by atoms with Gasteiger partial charge in [-0.2, -0.15) is 14.0 Å². The lowest BCUT2D eigenvalue weighted by Gasteiger charge is -2.27. The Morgan fingerprint density at radius 1 is 1.12 bits per heavy atom. The van der Waals surface area contributed by atoms with E-state index in [0.717, 1.165) is 17.2 Å². The Bertz CT molecular complexity index is 1940. The number of hydrogen-bond acceptors (Lipinski definition) is 9. The van der Waals surface area contributed by atoms with Gasteiger partial charge in [0.05, 0.1) is 35.8 Å². The molecule has 0 radical (unpaired) electrons. The predicted molar refractivity (Wildman–Crippen MR) is 167 cm³/mol. The van der Waals surface area contributed by atoms with Crippen molar-refractivity contribution in [2.24, 2.45) is 0 Å². The molecule has 262 valence electrons. The summed E-state index contributed by atoms with van der Waals surface area (Å²) in [5.41, 5.74) is -2.45. The molecule has 2 aromatic carbocycles. The molecule has 1 unspecified atom stereocenters. The van der Waals surface area contributed by atoms with Crippen molar-refractivity contribution in [2.45, 2.75) is 77.2 Å². The zero-order valence-electron chi connectivity index (χ0n) is 27.4. The third kappa shape index (κ3) is 7.82. The van der Waals surface area contributed by atoms with Crippen LogP contribution in [0.3, 0.4) is 0 Å². The molecule has 1 atom stereocenters. The van der Waals surface area contributed by atoms with Crippen LogP contribution in [-0.2, 0) is 27.4 Å². The highest BCUT2D eigenvalue weighted by molar-refractivity contribution is 6.01. The number of halogens is 5. The molecule has 11 nitrogen and oxygen atoms in total. The molecule has 0 aliphatic carbocycles. The molecule has 3 heterocycles. The van der Waals surface area contributed by atoms with Crippen LogP contribution in [0, 0.1) is 17.1 Å². The fourth-order valence-corrected chi connectivity index (χ4v) is 5.05. The zero-order valence-corrected chi connectivity index (χ0v) is 27.4. The van der Waals surface area contributed by atoms with E-state index in [0.29, 0.717) is 22.9 Å². The first-order chi connectivity index (χ1) is 23.4. The van der Waals surface area contributed by atoms with Crippen molar-refractivity contribution in [3.8, 4) is 34.5 Å². The lowest BCUT2D eigenvalue weighted by atomic mass is 9.96. The van der Waals surface area contributed by atoms with Crippen molar-refractivity contribution in [3.63, 3.8) is 0 Å². The number of anilines is 1. The topological polar surface area (TPSA) is 143 Å². The summed E-state index contributed by atoms with van der Waals surface area (Å²) in [4.78, 5) is 31.8. The van der Waals surface area contributed by atoms with Gasteiger partial charge in [0.2, 0.25) is 11.8 Å². The Kier molecular flexibility index (Phi) is 9.55. The van der Waals surface area contributed by atoms with Crippen LogP contribution in [0.15, 0.2) is 59.1 Å². The Morgan fingerprint density at radius 3 is 2.42 bits per heavy atom. The molecule has 0 bridgehead atoms. The van der Waals surface area contributed by atoms with Gasteiger partial charge in [0, 0.05) is 17.5 Å². The molecule has 1 N–H and O–H groups in total. The van der Waals surface area contributed by atoms with Gasteiger partial charge >= 0.3 is 12.7 Å². The monoisotopic (exact) mass is 698 g/mol. The maximum absolute atomic E-state index is 16.0. The SMILES string of the molecule is CC(C)(C)OC(=O)NC1CC(F)(F)c2cc(F)c(-c3nnc(C(C)(C)C#N)o3)cc2N(Cc2ccc(-c3ccc(OC(F)F)cn3)cc2)C1=O. The van der Waals surface area contributed by atoms with Crippen LogP contribution in [0.25, 0.3) is 22.7 Å². The fraction of sp³-hybridized carbons (Fsp3) is 0.353. The summed E-state index contributed by atoms with van der Waals surface area (Å²) in [7, 11) is 0. The van der Waals surface area contributed by atoms with Crippen LogP contribution in [0.5, 0.6) is 5.75 Å². The van der Waals surface area contributed by atoms with Gasteiger partial charge in [0.25, 0.3) is 11.8 Å². The maximum atomic E-state index is 16.0. The molecule has 0 spiro atoms. The molecule has 2 amide bonds. The summed E-state index contributed by atoms with van der Waals surface area (Å²) >= 11 is 0. The van der Waals surface area contributed by atoms with Crippen molar-refractivity contribution in [3.05, 3.63) is 77.6 Å².